The Morgan fingerprint density at radius 2 is 1.94 bits per heavy atom. The molecule has 3 heteroatoms. The lowest BCUT2D eigenvalue weighted by Crippen LogP contribution is -2.48. The highest BCUT2D eigenvalue weighted by Gasteiger charge is 2.30. The molecule has 0 aromatic heterocycles. The molecular formula is C13H29N3. The number of rotatable bonds is 2. The van der Waals surface area contributed by atoms with E-state index in [4.69, 9.17) is 5.73 Å². The summed E-state index contributed by atoms with van der Waals surface area (Å²) >= 11 is 0. The van der Waals surface area contributed by atoms with Gasteiger partial charge in [0.2, 0.25) is 0 Å². The van der Waals surface area contributed by atoms with Crippen molar-refractivity contribution in [3.05, 3.63) is 0 Å². The molecule has 1 aliphatic rings. The first kappa shape index (κ1) is 13.9. The molecule has 1 aliphatic heterocycles. The molecule has 2 N–H and O–H groups in total. The van der Waals surface area contributed by atoms with Gasteiger partial charge in [-0.3, -0.25) is 9.80 Å². The van der Waals surface area contributed by atoms with E-state index in [0.717, 1.165) is 19.5 Å². The molecule has 0 aromatic rings. The summed E-state index contributed by atoms with van der Waals surface area (Å²) in [4.78, 5) is 5.12. The quantitative estimate of drug-likeness (QED) is 0.776. The number of likely N-dealkylation sites (N-methyl/N-ethyl adjacent to an activating group) is 1. The summed E-state index contributed by atoms with van der Waals surface area (Å²) in [6.45, 7) is 12.4. The van der Waals surface area contributed by atoms with Gasteiger partial charge in [-0.05, 0) is 54.1 Å². The minimum atomic E-state index is 0.276. The monoisotopic (exact) mass is 227 g/mol. The fraction of sp³-hybridized carbons (Fsp3) is 1.00. The molecule has 0 bridgehead atoms. The average Bonchev–Trinajstić information content (AvgIpc) is 2.31. The van der Waals surface area contributed by atoms with Gasteiger partial charge in [0, 0.05) is 30.7 Å². The minimum absolute atomic E-state index is 0.276. The number of hydrogen-bond acceptors (Lipinski definition) is 3. The predicted octanol–water partition coefficient (Wildman–Crippen LogP) is 1.53. The summed E-state index contributed by atoms with van der Waals surface area (Å²) in [7, 11) is 2.25. The zero-order valence-electron chi connectivity index (χ0n) is 11.7. The highest BCUT2D eigenvalue weighted by molar-refractivity contribution is 4.87. The van der Waals surface area contributed by atoms with Gasteiger partial charge in [-0.1, -0.05) is 0 Å². The fourth-order valence-electron chi connectivity index (χ4n) is 2.48. The van der Waals surface area contributed by atoms with Crippen LogP contribution in [0.25, 0.3) is 0 Å². The van der Waals surface area contributed by atoms with Gasteiger partial charge >= 0.3 is 0 Å². The largest absolute Gasteiger partial charge is 0.330 e. The first-order valence-corrected chi connectivity index (χ1v) is 6.53. The lowest BCUT2D eigenvalue weighted by atomic mass is 10.0. The normalized spacial score (nSPS) is 30.4. The van der Waals surface area contributed by atoms with E-state index in [0.29, 0.717) is 12.1 Å². The van der Waals surface area contributed by atoms with Crippen LogP contribution in [0.2, 0.25) is 0 Å². The molecule has 1 fully saturated rings. The Morgan fingerprint density at radius 1 is 1.31 bits per heavy atom. The van der Waals surface area contributed by atoms with Crippen molar-refractivity contribution in [1.29, 1.82) is 0 Å². The molecule has 0 spiro atoms. The SMILES string of the molecule is CC1CCN(C(C)(C)C)CC(CCN)N1C. The van der Waals surface area contributed by atoms with Crippen LogP contribution in [-0.4, -0.2) is 54.1 Å². The second-order valence-corrected chi connectivity index (χ2v) is 6.15. The van der Waals surface area contributed by atoms with E-state index in [1.807, 2.05) is 0 Å². The molecule has 16 heavy (non-hydrogen) atoms. The van der Waals surface area contributed by atoms with Gasteiger partial charge in [0.15, 0.2) is 0 Å². The van der Waals surface area contributed by atoms with Gasteiger partial charge in [0.1, 0.15) is 0 Å². The summed E-state index contributed by atoms with van der Waals surface area (Å²) in [5.41, 5.74) is 6.00. The lowest BCUT2D eigenvalue weighted by Gasteiger charge is -2.37. The van der Waals surface area contributed by atoms with Crippen molar-refractivity contribution >= 4 is 0 Å². The van der Waals surface area contributed by atoms with E-state index in [1.165, 1.54) is 13.0 Å². The molecule has 0 saturated carbocycles. The lowest BCUT2D eigenvalue weighted by molar-refractivity contribution is 0.112. The molecule has 1 heterocycles. The Kier molecular flexibility index (Phi) is 4.77. The van der Waals surface area contributed by atoms with E-state index < -0.39 is 0 Å². The third kappa shape index (κ3) is 3.44. The third-order valence-corrected chi connectivity index (χ3v) is 3.97. The van der Waals surface area contributed by atoms with Crippen LogP contribution in [0.1, 0.15) is 40.5 Å². The van der Waals surface area contributed by atoms with Crippen LogP contribution in [0.15, 0.2) is 0 Å². The highest BCUT2D eigenvalue weighted by Crippen LogP contribution is 2.22. The Morgan fingerprint density at radius 3 is 2.44 bits per heavy atom. The van der Waals surface area contributed by atoms with Crippen molar-refractivity contribution in [2.45, 2.75) is 58.2 Å². The summed E-state index contributed by atoms with van der Waals surface area (Å²) in [5, 5.41) is 0. The van der Waals surface area contributed by atoms with Crippen LogP contribution in [-0.2, 0) is 0 Å². The van der Waals surface area contributed by atoms with Gasteiger partial charge < -0.3 is 5.73 Å². The van der Waals surface area contributed by atoms with Crippen LogP contribution in [0, 0.1) is 0 Å². The van der Waals surface area contributed by atoms with Crippen LogP contribution in [0.3, 0.4) is 0 Å². The molecule has 96 valence electrons. The topological polar surface area (TPSA) is 32.5 Å². The molecular weight excluding hydrogens is 198 g/mol. The van der Waals surface area contributed by atoms with Gasteiger partial charge in [-0.15, -0.1) is 0 Å². The average molecular weight is 227 g/mol. The van der Waals surface area contributed by atoms with E-state index >= 15 is 0 Å². The van der Waals surface area contributed by atoms with Crippen molar-refractivity contribution in [3.8, 4) is 0 Å². The van der Waals surface area contributed by atoms with Crippen LogP contribution < -0.4 is 5.73 Å². The second-order valence-electron chi connectivity index (χ2n) is 6.15. The van der Waals surface area contributed by atoms with E-state index in [9.17, 15) is 0 Å². The summed E-state index contributed by atoms with van der Waals surface area (Å²) in [5.74, 6) is 0. The second kappa shape index (κ2) is 5.48. The zero-order valence-corrected chi connectivity index (χ0v) is 11.7. The molecule has 1 saturated heterocycles. The van der Waals surface area contributed by atoms with Crippen molar-refractivity contribution < 1.29 is 0 Å². The van der Waals surface area contributed by atoms with Crippen molar-refractivity contribution in [3.63, 3.8) is 0 Å². The molecule has 0 aliphatic carbocycles. The summed E-state index contributed by atoms with van der Waals surface area (Å²) in [6.07, 6.45) is 2.36. The molecule has 2 atom stereocenters. The Hall–Kier alpha value is -0.120. The highest BCUT2D eigenvalue weighted by atomic mass is 15.3. The third-order valence-electron chi connectivity index (χ3n) is 3.97. The molecule has 1 rings (SSSR count). The van der Waals surface area contributed by atoms with Gasteiger partial charge in [0.25, 0.3) is 0 Å². The molecule has 0 radical (unpaired) electrons. The first-order chi connectivity index (χ1) is 7.36. The van der Waals surface area contributed by atoms with Crippen LogP contribution in [0.4, 0.5) is 0 Å². The zero-order chi connectivity index (χ0) is 12.3. The van der Waals surface area contributed by atoms with Gasteiger partial charge in [-0.25, -0.2) is 0 Å². The number of hydrogen-bond donors (Lipinski definition) is 1. The van der Waals surface area contributed by atoms with Crippen molar-refractivity contribution in [1.82, 2.24) is 9.80 Å². The van der Waals surface area contributed by atoms with E-state index in [2.05, 4.69) is 44.5 Å². The van der Waals surface area contributed by atoms with Gasteiger partial charge in [0.05, 0.1) is 0 Å². The molecule has 0 amide bonds. The number of nitrogens with zero attached hydrogens (tertiary/aromatic N) is 2. The maximum absolute atomic E-state index is 5.73. The van der Waals surface area contributed by atoms with E-state index in [-0.39, 0.29) is 5.54 Å². The summed E-state index contributed by atoms with van der Waals surface area (Å²) in [6, 6.07) is 1.28. The standard InChI is InChI=1S/C13H29N3/c1-11-7-9-16(13(2,3)4)10-12(6-8-14)15(11)5/h11-12H,6-10,14H2,1-5H3. The molecule has 2 unspecified atom stereocenters. The Labute approximate surface area is 101 Å². The summed E-state index contributed by atoms with van der Waals surface area (Å²) < 4.78 is 0. The predicted molar refractivity (Wildman–Crippen MR) is 70.6 cm³/mol. The van der Waals surface area contributed by atoms with Crippen LogP contribution in [0.5, 0.6) is 0 Å². The molecule has 0 aromatic carbocycles. The Bertz CT molecular complexity index is 210. The Balaban J connectivity index is 2.73. The maximum Gasteiger partial charge on any atom is 0.0235 e. The van der Waals surface area contributed by atoms with E-state index in [1.54, 1.807) is 0 Å². The van der Waals surface area contributed by atoms with Crippen LogP contribution >= 0.6 is 0 Å². The number of nitrogens with two attached hydrogens (primary N) is 1. The minimum Gasteiger partial charge on any atom is -0.330 e. The fourth-order valence-corrected chi connectivity index (χ4v) is 2.48. The smallest absolute Gasteiger partial charge is 0.0235 e. The first-order valence-electron chi connectivity index (χ1n) is 6.53. The van der Waals surface area contributed by atoms with Crippen molar-refractivity contribution in [2.75, 3.05) is 26.7 Å². The molecule has 3 nitrogen and oxygen atoms in total. The maximum atomic E-state index is 5.73. The van der Waals surface area contributed by atoms with Gasteiger partial charge in [-0.2, -0.15) is 0 Å². The van der Waals surface area contributed by atoms with Crippen molar-refractivity contribution in [2.24, 2.45) is 5.73 Å².